The van der Waals surface area contributed by atoms with Crippen molar-refractivity contribution < 1.29 is 5.11 Å². The summed E-state index contributed by atoms with van der Waals surface area (Å²) in [6.07, 6.45) is 1.79. The van der Waals surface area contributed by atoms with Gasteiger partial charge in [-0.1, -0.05) is 30.3 Å². The highest BCUT2D eigenvalue weighted by Crippen LogP contribution is 2.22. The standard InChI is InChI=1S/C11H15NO/c13-10-6-7-11(12-8-10)9-4-2-1-3-5-9/h1-5,10-13H,6-8H2. The van der Waals surface area contributed by atoms with Gasteiger partial charge in [0.15, 0.2) is 0 Å². The maximum atomic E-state index is 9.31. The molecule has 1 aliphatic rings. The van der Waals surface area contributed by atoms with Crippen molar-refractivity contribution in [2.75, 3.05) is 6.54 Å². The molecular formula is C11H15NO. The normalized spacial score (nSPS) is 28.7. The Kier molecular flexibility index (Phi) is 2.62. The molecule has 1 aromatic rings. The van der Waals surface area contributed by atoms with Gasteiger partial charge >= 0.3 is 0 Å². The van der Waals surface area contributed by atoms with Gasteiger partial charge in [0.05, 0.1) is 6.10 Å². The first-order valence-electron chi connectivity index (χ1n) is 4.82. The van der Waals surface area contributed by atoms with Crippen LogP contribution in [0.5, 0.6) is 0 Å². The van der Waals surface area contributed by atoms with Crippen LogP contribution in [0.1, 0.15) is 24.4 Å². The van der Waals surface area contributed by atoms with Gasteiger partial charge in [-0.3, -0.25) is 0 Å². The van der Waals surface area contributed by atoms with Gasteiger partial charge in [-0.2, -0.15) is 0 Å². The number of benzene rings is 1. The zero-order valence-corrected chi connectivity index (χ0v) is 7.61. The lowest BCUT2D eigenvalue weighted by Crippen LogP contribution is -2.36. The molecule has 2 N–H and O–H groups in total. The Morgan fingerprint density at radius 3 is 2.54 bits per heavy atom. The molecule has 0 amide bonds. The average molecular weight is 177 g/mol. The molecule has 0 aliphatic carbocycles. The highest BCUT2D eigenvalue weighted by molar-refractivity contribution is 5.19. The minimum Gasteiger partial charge on any atom is -0.392 e. The topological polar surface area (TPSA) is 32.3 Å². The molecule has 1 aliphatic heterocycles. The van der Waals surface area contributed by atoms with Crippen molar-refractivity contribution in [2.24, 2.45) is 0 Å². The van der Waals surface area contributed by atoms with Gasteiger partial charge in [0.1, 0.15) is 0 Å². The van der Waals surface area contributed by atoms with Crippen LogP contribution in [0.15, 0.2) is 30.3 Å². The third-order valence-corrected chi connectivity index (χ3v) is 2.59. The van der Waals surface area contributed by atoms with Crippen LogP contribution in [0.3, 0.4) is 0 Å². The number of hydrogen-bond acceptors (Lipinski definition) is 2. The Labute approximate surface area is 78.6 Å². The van der Waals surface area contributed by atoms with Gasteiger partial charge in [0, 0.05) is 12.6 Å². The third-order valence-electron chi connectivity index (χ3n) is 2.59. The smallest absolute Gasteiger partial charge is 0.0665 e. The summed E-state index contributed by atoms with van der Waals surface area (Å²) in [6.45, 7) is 0.722. The van der Waals surface area contributed by atoms with Crippen LogP contribution in [-0.2, 0) is 0 Å². The molecular weight excluding hydrogens is 162 g/mol. The van der Waals surface area contributed by atoms with E-state index in [1.165, 1.54) is 5.56 Å². The van der Waals surface area contributed by atoms with Crippen molar-refractivity contribution in [2.45, 2.75) is 25.0 Å². The van der Waals surface area contributed by atoms with Gasteiger partial charge in [-0.25, -0.2) is 0 Å². The number of aliphatic hydroxyl groups is 1. The summed E-state index contributed by atoms with van der Waals surface area (Å²) in [4.78, 5) is 0. The molecule has 0 radical (unpaired) electrons. The van der Waals surface area contributed by atoms with E-state index < -0.39 is 0 Å². The number of rotatable bonds is 1. The molecule has 2 rings (SSSR count). The molecule has 13 heavy (non-hydrogen) atoms. The third kappa shape index (κ3) is 2.08. The SMILES string of the molecule is OC1CCC(c2ccccc2)NC1. The number of nitrogens with one attached hydrogen (secondary N) is 1. The largest absolute Gasteiger partial charge is 0.392 e. The maximum absolute atomic E-state index is 9.31. The number of piperidine rings is 1. The van der Waals surface area contributed by atoms with Crippen LogP contribution in [0, 0.1) is 0 Å². The Hall–Kier alpha value is -0.860. The summed E-state index contributed by atoms with van der Waals surface area (Å²) in [5.41, 5.74) is 1.33. The van der Waals surface area contributed by atoms with Crippen molar-refractivity contribution in [3.8, 4) is 0 Å². The van der Waals surface area contributed by atoms with E-state index in [0.29, 0.717) is 6.04 Å². The highest BCUT2D eigenvalue weighted by Gasteiger charge is 2.19. The van der Waals surface area contributed by atoms with Crippen LogP contribution in [0.25, 0.3) is 0 Å². The summed E-state index contributed by atoms with van der Waals surface area (Å²) < 4.78 is 0. The number of hydrogen-bond donors (Lipinski definition) is 2. The fourth-order valence-corrected chi connectivity index (χ4v) is 1.81. The molecule has 2 nitrogen and oxygen atoms in total. The van der Waals surface area contributed by atoms with E-state index in [4.69, 9.17) is 0 Å². The van der Waals surface area contributed by atoms with Crippen LogP contribution < -0.4 is 5.32 Å². The van der Waals surface area contributed by atoms with Crippen LogP contribution >= 0.6 is 0 Å². The summed E-state index contributed by atoms with van der Waals surface area (Å²) in [6, 6.07) is 10.8. The highest BCUT2D eigenvalue weighted by atomic mass is 16.3. The van der Waals surface area contributed by atoms with E-state index >= 15 is 0 Å². The molecule has 2 unspecified atom stereocenters. The molecule has 70 valence electrons. The lowest BCUT2D eigenvalue weighted by molar-refractivity contribution is 0.126. The summed E-state index contributed by atoms with van der Waals surface area (Å²) in [5.74, 6) is 0. The minimum atomic E-state index is -0.153. The van der Waals surface area contributed by atoms with Crippen molar-refractivity contribution >= 4 is 0 Å². The lowest BCUT2D eigenvalue weighted by Gasteiger charge is -2.27. The van der Waals surface area contributed by atoms with Crippen molar-refractivity contribution in [1.29, 1.82) is 0 Å². The Morgan fingerprint density at radius 1 is 1.15 bits per heavy atom. The van der Waals surface area contributed by atoms with E-state index in [2.05, 4.69) is 29.6 Å². The Bertz CT molecular complexity index is 252. The van der Waals surface area contributed by atoms with Crippen LogP contribution in [0.2, 0.25) is 0 Å². The molecule has 1 heterocycles. The monoisotopic (exact) mass is 177 g/mol. The van der Waals surface area contributed by atoms with Gasteiger partial charge < -0.3 is 10.4 Å². The molecule has 2 heteroatoms. The van der Waals surface area contributed by atoms with Crippen molar-refractivity contribution in [3.63, 3.8) is 0 Å². The molecule has 0 bridgehead atoms. The Balaban J connectivity index is 2.03. The van der Waals surface area contributed by atoms with Crippen LogP contribution in [-0.4, -0.2) is 17.8 Å². The van der Waals surface area contributed by atoms with Gasteiger partial charge in [-0.05, 0) is 18.4 Å². The van der Waals surface area contributed by atoms with E-state index in [1.807, 2.05) is 6.07 Å². The first-order chi connectivity index (χ1) is 6.36. The van der Waals surface area contributed by atoms with Gasteiger partial charge in [-0.15, -0.1) is 0 Å². The molecule has 0 saturated carbocycles. The fourth-order valence-electron chi connectivity index (χ4n) is 1.81. The number of aliphatic hydroxyl groups excluding tert-OH is 1. The van der Waals surface area contributed by atoms with Crippen LogP contribution in [0.4, 0.5) is 0 Å². The zero-order chi connectivity index (χ0) is 9.10. The minimum absolute atomic E-state index is 0.153. The maximum Gasteiger partial charge on any atom is 0.0665 e. The summed E-state index contributed by atoms with van der Waals surface area (Å²) >= 11 is 0. The Morgan fingerprint density at radius 2 is 1.92 bits per heavy atom. The van der Waals surface area contributed by atoms with E-state index in [0.717, 1.165) is 19.4 Å². The second kappa shape index (κ2) is 3.90. The van der Waals surface area contributed by atoms with E-state index in [9.17, 15) is 5.11 Å². The van der Waals surface area contributed by atoms with E-state index in [1.54, 1.807) is 0 Å². The van der Waals surface area contributed by atoms with Crippen molar-refractivity contribution in [3.05, 3.63) is 35.9 Å². The first kappa shape index (κ1) is 8.73. The van der Waals surface area contributed by atoms with Gasteiger partial charge in [0.25, 0.3) is 0 Å². The molecule has 1 fully saturated rings. The molecule has 0 aromatic heterocycles. The first-order valence-corrected chi connectivity index (χ1v) is 4.82. The predicted octanol–water partition coefficient (Wildman–Crippen LogP) is 1.47. The fraction of sp³-hybridized carbons (Fsp3) is 0.455. The van der Waals surface area contributed by atoms with E-state index in [-0.39, 0.29) is 6.10 Å². The molecule has 1 saturated heterocycles. The number of β-amino-alcohol motifs (C(OH)–C–C–N with tert-alkyl or cyclic N) is 1. The lowest BCUT2D eigenvalue weighted by atomic mass is 9.96. The zero-order valence-electron chi connectivity index (χ0n) is 7.61. The average Bonchev–Trinajstić information content (AvgIpc) is 2.20. The molecule has 0 spiro atoms. The quantitative estimate of drug-likeness (QED) is 0.681. The predicted molar refractivity (Wildman–Crippen MR) is 52.4 cm³/mol. The second-order valence-electron chi connectivity index (χ2n) is 3.60. The molecule has 1 aromatic carbocycles. The summed E-state index contributed by atoms with van der Waals surface area (Å²) in [5, 5.41) is 12.6. The van der Waals surface area contributed by atoms with Crippen molar-refractivity contribution in [1.82, 2.24) is 5.32 Å². The second-order valence-corrected chi connectivity index (χ2v) is 3.60. The summed E-state index contributed by atoms with van der Waals surface area (Å²) in [7, 11) is 0. The molecule has 2 atom stereocenters. The van der Waals surface area contributed by atoms with Gasteiger partial charge in [0.2, 0.25) is 0 Å².